The molecule has 0 radical (unpaired) electrons. The molecule has 0 aromatic carbocycles. The summed E-state index contributed by atoms with van der Waals surface area (Å²) in [5, 5.41) is 0. The van der Waals surface area contributed by atoms with Crippen molar-refractivity contribution < 1.29 is 14.0 Å². The molecule has 0 saturated heterocycles. The summed E-state index contributed by atoms with van der Waals surface area (Å²) in [5.41, 5.74) is 4.57. The number of nitrogens with two attached hydrogens (primary N) is 1. The van der Waals surface area contributed by atoms with E-state index in [1.165, 1.54) is 0 Å². The normalized spacial score (nSPS) is 21.9. The molecule has 0 saturated carbocycles. The predicted molar refractivity (Wildman–Crippen MR) is 32.0 cm³/mol. The van der Waals surface area contributed by atoms with Gasteiger partial charge in [-0.1, -0.05) is 0 Å². The largest absolute Gasteiger partial charge is 0.382 e. The Kier molecular flexibility index (Phi) is 0.804. The number of amides is 3. The Labute approximate surface area is 60.0 Å². The average Bonchev–Trinajstić information content (AvgIpc) is 2.31. The van der Waals surface area contributed by atoms with Crippen LogP contribution >= 0.6 is 0 Å². The molecule has 0 aromatic rings. The van der Waals surface area contributed by atoms with Crippen LogP contribution in [0.4, 0.5) is 9.18 Å². The molecule has 2 rings (SSSR count). The van der Waals surface area contributed by atoms with Crippen LogP contribution in [0.1, 0.15) is 0 Å². The molecule has 0 spiro atoms. The van der Waals surface area contributed by atoms with Gasteiger partial charge in [-0.3, -0.25) is 4.79 Å². The number of imide groups is 1. The zero-order chi connectivity index (χ0) is 8.17. The molecule has 2 aliphatic rings. The highest BCUT2D eigenvalue weighted by molar-refractivity contribution is 6.53. The molecule has 0 fully saturated rings. The molecule has 11 heavy (non-hydrogen) atoms. The van der Waals surface area contributed by atoms with E-state index in [1.807, 2.05) is 0 Å². The van der Waals surface area contributed by atoms with Gasteiger partial charge in [-0.25, -0.2) is 14.1 Å². The fourth-order valence-corrected chi connectivity index (χ4v) is 0.961. The summed E-state index contributed by atoms with van der Waals surface area (Å²) >= 11 is 0. The Morgan fingerprint density at radius 3 is 2.45 bits per heavy atom. The molecule has 6 heteroatoms. The smallest absolute Gasteiger partial charge is 0.357 e. The molecule has 3 amide bonds. The van der Waals surface area contributed by atoms with E-state index in [9.17, 15) is 14.0 Å². The minimum Gasteiger partial charge on any atom is -0.382 e. The number of urea groups is 1. The van der Waals surface area contributed by atoms with Crippen molar-refractivity contribution in [1.82, 2.24) is 4.90 Å². The summed E-state index contributed by atoms with van der Waals surface area (Å²) in [6, 6.07) is -0.816. The van der Waals surface area contributed by atoms with Crippen LogP contribution in [-0.4, -0.2) is 22.5 Å². The van der Waals surface area contributed by atoms with Gasteiger partial charge in [0.05, 0.1) is 0 Å². The number of hydrogen-bond acceptors (Lipinski definition) is 3. The van der Waals surface area contributed by atoms with E-state index >= 15 is 0 Å². The zero-order valence-corrected chi connectivity index (χ0v) is 5.17. The first-order valence-corrected chi connectivity index (χ1v) is 2.75. The Morgan fingerprint density at radius 2 is 2.09 bits per heavy atom. The number of halogens is 1. The molecule has 0 unspecified atom stereocenters. The minimum absolute atomic E-state index is 0.454. The second-order valence-electron chi connectivity index (χ2n) is 2.08. The van der Waals surface area contributed by atoms with Crippen molar-refractivity contribution in [1.29, 1.82) is 0 Å². The van der Waals surface area contributed by atoms with Gasteiger partial charge in [0.1, 0.15) is 0 Å². The van der Waals surface area contributed by atoms with Crippen molar-refractivity contribution in [2.24, 2.45) is 10.7 Å². The topological polar surface area (TPSA) is 75.8 Å². The summed E-state index contributed by atoms with van der Waals surface area (Å²) in [6.07, 6.45) is 0. The third-order valence-electron chi connectivity index (χ3n) is 1.48. The highest BCUT2D eigenvalue weighted by Gasteiger charge is 2.45. The number of carbonyl (C=O) groups is 2. The Morgan fingerprint density at radius 1 is 1.45 bits per heavy atom. The van der Waals surface area contributed by atoms with Gasteiger partial charge in [0.2, 0.25) is 0 Å². The molecule has 0 atom stereocenters. The van der Waals surface area contributed by atoms with Crippen molar-refractivity contribution in [2.45, 2.75) is 0 Å². The standard InChI is InChI=1S/C5H2FN3O2/c6-1-2-4(10)9(3(1)7)5(11)8-2/h7H2. The molecule has 5 nitrogen and oxygen atoms in total. The highest BCUT2D eigenvalue weighted by Crippen LogP contribution is 2.25. The highest BCUT2D eigenvalue weighted by atomic mass is 19.1. The first-order chi connectivity index (χ1) is 5.13. The molecular weight excluding hydrogens is 153 g/mol. The van der Waals surface area contributed by atoms with Gasteiger partial charge in [-0.2, -0.15) is 4.99 Å². The number of fused-ring (bicyclic) bond motifs is 2. The summed E-state index contributed by atoms with van der Waals surface area (Å²) in [7, 11) is 0. The Balaban J connectivity index is 2.65. The summed E-state index contributed by atoms with van der Waals surface area (Å²) in [6.45, 7) is 0. The third-order valence-corrected chi connectivity index (χ3v) is 1.48. The van der Waals surface area contributed by atoms with Crippen LogP contribution in [0.15, 0.2) is 16.6 Å². The third kappa shape index (κ3) is 0.473. The second kappa shape index (κ2) is 1.47. The monoisotopic (exact) mass is 155 g/mol. The van der Waals surface area contributed by atoms with Crippen molar-refractivity contribution in [2.75, 3.05) is 0 Å². The molecule has 2 heterocycles. The molecule has 2 N–H and O–H groups in total. The molecule has 2 bridgehead atoms. The number of rotatable bonds is 0. The van der Waals surface area contributed by atoms with Gasteiger partial charge in [-0.15, -0.1) is 0 Å². The van der Waals surface area contributed by atoms with E-state index in [0.29, 0.717) is 4.90 Å². The molecule has 0 aromatic heterocycles. The number of hydrogen-bond donors (Lipinski definition) is 1. The molecule has 56 valence electrons. The summed E-state index contributed by atoms with van der Waals surface area (Å²) in [4.78, 5) is 25.1. The fourth-order valence-electron chi connectivity index (χ4n) is 0.961. The quantitative estimate of drug-likeness (QED) is 0.512. The van der Waals surface area contributed by atoms with Gasteiger partial charge in [-0.05, 0) is 0 Å². The van der Waals surface area contributed by atoms with Gasteiger partial charge in [0.25, 0.3) is 5.91 Å². The predicted octanol–water partition coefficient (Wildman–Crippen LogP) is -0.499. The van der Waals surface area contributed by atoms with Crippen molar-refractivity contribution in [3.05, 3.63) is 11.6 Å². The maximum absolute atomic E-state index is 12.6. The van der Waals surface area contributed by atoms with E-state index < -0.39 is 29.3 Å². The lowest BCUT2D eigenvalue weighted by molar-refractivity contribution is -0.118. The van der Waals surface area contributed by atoms with Crippen molar-refractivity contribution in [3.8, 4) is 0 Å². The van der Waals surface area contributed by atoms with Gasteiger partial charge in [0, 0.05) is 0 Å². The summed E-state index contributed by atoms with van der Waals surface area (Å²) in [5.74, 6) is -2.13. The van der Waals surface area contributed by atoms with Crippen LogP contribution in [0, 0.1) is 0 Å². The van der Waals surface area contributed by atoms with E-state index in [1.54, 1.807) is 0 Å². The fraction of sp³-hybridized carbons (Fsp3) is 0. The van der Waals surface area contributed by atoms with Crippen LogP contribution < -0.4 is 5.73 Å². The SMILES string of the molecule is NC1=C(F)C2=NC(=O)N1C2=O. The molecular formula is C5H2FN3O2. The van der Waals surface area contributed by atoms with E-state index in [2.05, 4.69) is 4.99 Å². The first-order valence-electron chi connectivity index (χ1n) is 2.75. The van der Waals surface area contributed by atoms with Gasteiger partial charge >= 0.3 is 6.03 Å². The maximum Gasteiger partial charge on any atom is 0.357 e. The minimum atomic E-state index is -0.908. The lowest BCUT2D eigenvalue weighted by atomic mass is 10.4. The van der Waals surface area contributed by atoms with Crippen LogP contribution in [0.2, 0.25) is 0 Å². The van der Waals surface area contributed by atoms with Crippen LogP contribution in [0.25, 0.3) is 0 Å². The average molecular weight is 155 g/mol. The van der Waals surface area contributed by atoms with E-state index in [0.717, 1.165) is 0 Å². The number of nitrogens with zero attached hydrogens (tertiary/aromatic N) is 2. The number of aliphatic imine (C=N–C) groups is 1. The molecule has 2 aliphatic heterocycles. The lowest BCUT2D eigenvalue weighted by Crippen LogP contribution is -2.30. The van der Waals surface area contributed by atoms with Crippen LogP contribution in [0.3, 0.4) is 0 Å². The summed E-state index contributed by atoms with van der Waals surface area (Å²) < 4.78 is 12.6. The van der Waals surface area contributed by atoms with Crippen molar-refractivity contribution >= 4 is 17.6 Å². The van der Waals surface area contributed by atoms with E-state index in [4.69, 9.17) is 5.73 Å². The zero-order valence-electron chi connectivity index (χ0n) is 5.17. The van der Waals surface area contributed by atoms with Gasteiger partial charge in [0.15, 0.2) is 17.4 Å². The van der Waals surface area contributed by atoms with E-state index in [-0.39, 0.29) is 0 Å². The van der Waals surface area contributed by atoms with Crippen molar-refractivity contribution in [3.63, 3.8) is 0 Å². The number of carbonyl (C=O) groups excluding carboxylic acids is 2. The van der Waals surface area contributed by atoms with Gasteiger partial charge < -0.3 is 5.73 Å². The molecule has 0 aliphatic carbocycles. The Bertz CT molecular complexity index is 344. The van der Waals surface area contributed by atoms with Crippen LogP contribution in [0.5, 0.6) is 0 Å². The second-order valence-corrected chi connectivity index (χ2v) is 2.08. The Hall–Kier alpha value is -1.72. The first kappa shape index (κ1) is 6.02. The lowest BCUT2D eigenvalue weighted by Gasteiger charge is -2.06. The maximum atomic E-state index is 12.6. The van der Waals surface area contributed by atoms with Crippen LogP contribution in [-0.2, 0) is 4.79 Å².